The first-order valence-corrected chi connectivity index (χ1v) is 7.98. The second-order valence-corrected chi connectivity index (χ2v) is 5.66. The number of unbranched alkanes of at least 4 members (excludes halogenated alkanes) is 3. The van der Waals surface area contributed by atoms with Gasteiger partial charge in [-0.2, -0.15) is 0 Å². The Morgan fingerprint density at radius 3 is 2.08 bits per heavy atom. The molecule has 24 heavy (non-hydrogen) atoms. The van der Waals surface area contributed by atoms with Crippen LogP contribution >= 0.6 is 0 Å². The second kappa shape index (κ2) is 12.2. The molecule has 0 saturated carbocycles. The third-order valence-corrected chi connectivity index (χ3v) is 3.58. The van der Waals surface area contributed by atoms with Gasteiger partial charge in [-0.25, -0.2) is 9.59 Å². The van der Waals surface area contributed by atoms with Crippen molar-refractivity contribution in [2.45, 2.75) is 70.4 Å². The van der Waals surface area contributed by atoms with E-state index in [0.717, 1.165) is 12.8 Å². The normalized spacial score (nSPS) is 12.9. The van der Waals surface area contributed by atoms with Crippen LogP contribution in [0.4, 0.5) is 0 Å². The predicted octanol–water partition coefficient (Wildman–Crippen LogP) is 1.42. The molecule has 2 atom stereocenters. The smallest absolute Gasteiger partial charge is 0.328 e. The Balaban J connectivity index is 3.83. The highest BCUT2D eigenvalue weighted by atomic mass is 16.4. The maximum absolute atomic E-state index is 11.7. The molecule has 0 aromatic carbocycles. The van der Waals surface area contributed by atoms with Crippen LogP contribution in [-0.4, -0.2) is 52.6 Å². The van der Waals surface area contributed by atoms with Crippen LogP contribution in [0, 0.1) is 0 Å². The monoisotopic (exact) mass is 342 g/mol. The molecule has 1 amide bonds. The number of ketones is 1. The SMILES string of the molecule is C=NC(CCCCCCC(=O)CC[C@H](NC(C)=O)C(=O)O)C(=O)O. The summed E-state index contributed by atoms with van der Waals surface area (Å²) in [6, 6.07) is -1.81. The molecule has 0 aliphatic rings. The lowest BCUT2D eigenvalue weighted by Gasteiger charge is -2.12. The Morgan fingerprint density at radius 1 is 0.958 bits per heavy atom. The molecule has 136 valence electrons. The lowest BCUT2D eigenvalue weighted by atomic mass is 10.0. The average molecular weight is 342 g/mol. The number of aliphatic imine (C=N–C) groups is 1. The fraction of sp³-hybridized carbons (Fsp3) is 0.688. The molecule has 0 spiro atoms. The first-order chi connectivity index (χ1) is 11.3. The van der Waals surface area contributed by atoms with Crippen molar-refractivity contribution in [1.29, 1.82) is 0 Å². The number of carbonyl (C=O) groups is 4. The van der Waals surface area contributed by atoms with Crippen LogP contribution in [0.2, 0.25) is 0 Å². The van der Waals surface area contributed by atoms with Gasteiger partial charge in [-0.05, 0) is 26.0 Å². The number of hydrogen-bond acceptors (Lipinski definition) is 5. The summed E-state index contributed by atoms with van der Waals surface area (Å²) in [4.78, 5) is 47.8. The Kier molecular flexibility index (Phi) is 11.1. The molecule has 0 aliphatic heterocycles. The number of carboxylic acid groups (broad SMARTS) is 2. The van der Waals surface area contributed by atoms with E-state index in [-0.39, 0.29) is 18.6 Å². The van der Waals surface area contributed by atoms with Crippen molar-refractivity contribution < 1.29 is 29.4 Å². The number of hydrogen-bond donors (Lipinski definition) is 3. The fourth-order valence-electron chi connectivity index (χ4n) is 2.24. The number of carboxylic acids is 2. The average Bonchev–Trinajstić information content (AvgIpc) is 2.49. The molecule has 3 N–H and O–H groups in total. The molecule has 0 bridgehead atoms. The highest BCUT2D eigenvalue weighted by molar-refractivity contribution is 5.83. The second-order valence-electron chi connectivity index (χ2n) is 5.66. The van der Waals surface area contributed by atoms with E-state index < -0.39 is 29.9 Å². The summed E-state index contributed by atoms with van der Waals surface area (Å²) in [7, 11) is 0. The lowest BCUT2D eigenvalue weighted by molar-refractivity contribution is -0.142. The lowest BCUT2D eigenvalue weighted by Crippen LogP contribution is -2.39. The molecule has 8 heteroatoms. The van der Waals surface area contributed by atoms with Crippen molar-refractivity contribution >= 4 is 30.3 Å². The van der Waals surface area contributed by atoms with Gasteiger partial charge >= 0.3 is 11.9 Å². The molecule has 1 unspecified atom stereocenters. The summed E-state index contributed by atoms with van der Waals surface area (Å²) in [5.74, 6) is -2.61. The maximum Gasteiger partial charge on any atom is 0.328 e. The van der Waals surface area contributed by atoms with E-state index in [0.29, 0.717) is 25.7 Å². The van der Waals surface area contributed by atoms with Gasteiger partial charge in [0.1, 0.15) is 17.9 Å². The molecular formula is C16H26N2O6. The molecule has 8 nitrogen and oxygen atoms in total. The van der Waals surface area contributed by atoms with E-state index in [2.05, 4.69) is 17.0 Å². The number of aliphatic carboxylic acids is 2. The number of rotatable bonds is 14. The van der Waals surface area contributed by atoms with Crippen molar-refractivity contribution in [3.8, 4) is 0 Å². The van der Waals surface area contributed by atoms with Gasteiger partial charge < -0.3 is 15.5 Å². The van der Waals surface area contributed by atoms with E-state index in [9.17, 15) is 19.2 Å². The van der Waals surface area contributed by atoms with Crippen LogP contribution in [0.1, 0.15) is 58.3 Å². The van der Waals surface area contributed by atoms with Crippen LogP contribution in [0.3, 0.4) is 0 Å². The van der Waals surface area contributed by atoms with Gasteiger partial charge in [-0.3, -0.25) is 14.6 Å². The minimum atomic E-state index is -1.15. The highest BCUT2D eigenvalue weighted by Crippen LogP contribution is 2.11. The molecular weight excluding hydrogens is 316 g/mol. The summed E-state index contributed by atoms with van der Waals surface area (Å²) < 4.78 is 0. The Bertz CT molecular complexity index is 463. The minimum Gasteiger partial charge on any atom is -0.480 e. The van der Waals surface area contributed by atoms with Crippen LogP contribution < -0.4 is 5.32 Å². The zero-order valence-electron chi connectivity index (χ0n) is 14.0. The Hall–Kier alpha value is -2.25. The van der Waals surface area contributed by atoms with E-state index in [4.69, 9.17) is 10.2 Å². The van der Waals surface area contributed by atoms with Gasteiger partial charge in [-0.15, -0.1) is 0 Å². The topological polar surface area (TPSA) is 133 Å². The molecule has 0 rings (SSSR count). The van der Waals surface area contributed by atoms with Gasteiger partial charge in [0, 0.05) is 19.8 Å². The summed E-state index contributed by atoms with van der Waals surface area (Å²) in [5, 5.41) is 20.0. The standard InChI is InChI=1S/C16H26N2O6/c1-11(19)18-14(16(23)24)10-9-12(20)7-5-3-4-6-8-13(17-2)15(21)22/h13-14H,2-10H2,1H3,(H,18,19)(H,21,22)(H,23,24)/t13?,14-/m0/s1. The Labute approximate surface area is 141 Å². The third kappa shape index (κ3) is 10.5. The molecule has 0 radical (unpaired) electrons. The van der Waals surface area contributed by atoms with Crippen LogP contribution in [0.5, 0.6) is 0 Å². The van der Waals surface area contributed by atoms with Crippen molar-refractivity contribution in [1.82, 2.24) is 5.32 Å². The molecule has 0 aromatic rings. The molecule has 0 heterocycles. The zero-order chi connectivity index (χ0) is 18.5. The molecule has 0 aromatic heterocycles. The van der Waals surface area contributed by atoms with Crippen molar-refractivity contribution in [3.63, 3.8) is 0 Å². The molecule has 0 fully saturated rings. The summed E-state index contributed by atoms with van der Waals surface area (Å²) in [6.07, 6.45) is 3.96. The number of nitrogens with one attached hydrogen (secondary N) is 1. The van der Waals surface area contributed by atoms with Crippen molar-refractivity contribution in [2.75, 3.05) is 0 Å². The number of Topliss-reactive ketones (excluding diaryl/α,β-unsaturated/α-hetero) is 1. The van der Waals surface area contributed by atoms with E-state index in [1.54, 1.807) is 0 Å². The van der Waals surface area contributed by atoms with Crippen molar-refractivity contribution in [3.05, 3.63) is 0 Å². The first kappa shape index (κ1) is 21.8. The molecule has 0 aliphatic carbocycles. The van der Waals surface area contributed by atoms with Gasteiger partial charge in [-0.1, -0.05) is 19.3 Å². The summed E-state index contributed by atoms with van der Waals surface area (Å²) in [5.41, 5.74) is 0. The quantitative estimate of drug-likeness (QED) is 0.323. The summed E-state index contributed by atoms with van der Waals surface area (Å²) in [6.45, 7) is 4.47. The molecule has 0 saturated heterocycles. The van der Waals surface area contributed by atoms with E-state index in [1.165, 1.54) is 6.92 Å². The van der Waals surface area contributed by atoms with Gasteiger partial charge in [0.25, 0.3) is 0 Å². The van der Waals surface area contributed by atoms with E-state index in [1.807, 2.05) is 0 Å². The summed E-state index contributed by atoms with van der Waals surface area (Å²) >= 11 is 0. The largest absolute Gasteiger partial charge is 0.480 e. The predicted molar refractivity (Wildman–Crippen MR) is 88.2 cm³/mol. The minimum absolute atomic E-state index is 0.0391. The Morgan fingerprint density at radius 2 is 1.58 bits per heavy atom. The number of carbonyl (C=O) groups excluding carboxylic acids is 2. The van der Waals surface area contributed by atoms with Gasteiger partial charge in [0.2, 0.25) is 5.91 Å². The van der Waals surface area contributed by atoms with Gasteiger partial charge in [0.05, 0.1) is 0 Å². The maximum atomic E-state index is 11.7. The first-order valence-electron chi connectivity index (χ1n) is 7.98. The zero-order valence-corrected chi connectivity index (χ0v) is 14.0. The van der Waals surface area contributed by atoms with Crippen LogP contribution in [0.15, 0.2) is 4.99 Å². The third-order valence-electron chi connectivity index (χ3n) is 3.58. The number of amides is 1. The van der Waals surface area contributed by atoms with Crippen LogP contribution in [0.25, 0.3) is 0 Å². The van der Waals surface area contributed by atoms with E-state index >= 15 is 0 Å². The highest BCUT2D eigenvalue weighted by Gasteiger charge is 2.19. The number of nitrogens with zero attached hydrogens (tertiary/aromatic N) is 1. The van der Waals surface area contributed by atoms with Crippen molar-refractivity contribution in [2.24, 2.45) is 4.99 Å². The van der Waals surface area contributed by atoms with Gasteiger partial charge in [0.15, 0.2) is 0 Å². The van der Waals surface area contributed by atoms with Crippen LogP contribution in [-0.2, 0) is 19.2 Å². The fourth-order valence-corrected chi connectivity index (χ4v) is 2.24.